The monoisotopic (exact) mass is 272 g/mol. The van der Waals surface area contributed by atoms with Crippen molar-refractivity contribution in [1.29, 1.82) is 0 Å². The van der Waals surface area contributed by atoms with E-state index in [0.717, 1.165) is 6.42 Å². The molecule has 0 spiro atoms. The smallest absolute Gasteiger partial charge is 0.0496 e. The van der Waals surface area contributed by atoms with Crippen molar-refractivity contribution >= 4 is 11.8 Å². The zero-order valence-corrected chi connectivity index (χ0v) is 13.3. The lowest BCUT2D eigenvalue weighted by atomic mass is 9.94. The quantitative estimate of drug-likeness (QED) is 0.557. The van der Waals surface area contributed by atoms with Crippen molar-refractivity contribution in [2.45, 2.75) is 52.2 Å². The Morgan fingerprint density at radius 2 is 2.11 bits per heavy atom. The predicted octanol–water partition coefficient (Wildman–Crippen LogP) is 5.95. The number of rotatable bonds is 5. The van der Waals surface area contributed by atoms with Crippen LogP contribution < -0.4 is 0 Å². The van der Waals surface area contributed by atoms with Crippen LogP contribution in [-0.2, 0) is 0 Å². The van der Waals surface area contributed by atoms with E-state index in [9.17, 15) is 0 Å². The van der Waals surface area contributed by atoms with Crippen LogP contribution in [-0.4, -0.2) is 5.25 Å². The fraction of sp³-hybridized carbons (Fsp3) is 0.444. The lowest BCUT2D eigenvalue weighted by molar-refractivity contribution is 0.888. The molecule has 0 amide bonds. The van der Waals surface area contributed by atoms with Crippen molar-refractivity contribution in [2.24, 2.45) is 0 Å². The third kappa shape index (κ3) is 3.14. The van der Waals surface area contributed by atoms with Crippen LogP contribution in [0.1, 0.15) is 47.0 Å². The van der Waals surface area contributed by atoms with Crippen molar-refractivity contribution in [1.82, 2.24) is 0 Å². The molecule has 1 aliphatic carbocycles. The van der Waals surface area contributed by atoms with E-state index in [2.05, 4.69) is 58.1 Å². The molecule has 0 bridgehead atoms. The van der Waals surface area contributed by atoms with Crippen molar-refractivity contribution < 1.29 is 0 Å². The van der Waals surface area contributed by atoms with Gasteiger partial charge in [0, 0.05) is 10.2 Å². The molecule has 2 aliphatic rings. The van der Waals surface area contributed by atoms with Crippen molar-refractivity contribution in [2.75, 3.05) is 0 Å². The molecule has 1 heterocycles. The summed E-state index contributed by atoms with van der Waals surface area (Å²) in [5.41, 5.74) is 6.01. The zero-order valence-electron chi connectivity index (χ0n) is 12.5. The predicted molar refractivity (Wildman–Crippen MR) is 88.3 cm³/mol. The molecule has 0 aromatic carbocycles. The van der Waals surface area contributed by atoms with Crippen LogP contribution in [0, 0.1) is 0 Å². The second-order valence-corrected chi connectivity index (χ2v) is 6.44. The first kappa shape index (κ1) is 14.5. The Labute approximate surface area is 122 Å². The third-order valence-electron chi connectivity index (χ3n) is 3.78. The number of allylic oxidation sites excluding steroid dienone is 7. The zero-order chi connectivity index (χ0) is 13.8. The van der Waals surface area contributed by atoms with E-state index in [0.29, 0.717) is 5.25 Å². The molecule has 0 aromatic rings. The van der Waals surface area contributed by atoms with Crippen molar-refractivity contribution in [3.8, 4) is 0 Å². The average Bonchev–Trinajstić information content (AvgIpc) is 2.95. The lowest BCUT2D eigenvalue weighted by Crippen LogP contribution is -2.03. The molecule has 2 rings (SSSR count). The van der Waals surface area contributed by atoms with E-state index < -0.39 is 0 Å². The Hall–Kier alpha value is -0.950. The molecule has 0 N–H and O–H groups in total. The van der Waals surface area contributed by atoms with Gasteiger partial charge in [-0.3, -0.25) is 0 Å². The minimum absolute atomic E-state index is 0.535. The molecule has 0 radical (unpaired) electrons. The Balaban J connectivity index is 2.28. The van der Waals surface area contributed by atoms with Gasteiger partial charge in [0.1, 0.15) is 0 Å². The summed E-state index contributed by atoms with van der Waals surface area (Å²) in [5, 5.41) is 0.535. The Kier molecular flexibility index (Phi) is 4.93. The summed E-state index contributed by atoms with van der Waals surface area (Å²) < 4.78 is 0. The maximum Gasteiger partial charge on any atom is 0.0496 e. The summed E-state index contributed by atoms with van der Waals surface area (Å²) in [6.45, 7) is 9.07. The summed E-state index contributed by atoms with van der Waals surface area (Å²) in [7, 11) is 0. The summed E-state index contributed by atoms with van der Waals surface area (Å²) in [4.78, 5) is 1.44. The highest BCUT2D eigenvalue weighted by Gasteiger charge is 2.24. The number of hydrogen-bond donors (Lipinski definition) is 0. The van der Waals surface area contributed by atoms with E-state index in [4.69, 9.17) is 0 Å². The Morgan fingerprint density at radius 1 is 1.32 bits per heavy atom. The largest absolute Gasteiger partial charge is 0.113 e. The molecular weight excluding hydrogens is 248 g/mol. The highest BCUT2D eigenvalue weighted by Crippen LogP contribution is 2.44. The van der Waals surface area contributed by atoms with Gasteiger partial charge in [0.25, 0.3) is 0 Å². The highest BCUT2D eigenvalue weighted by molar-refractivity contribution is 8.04. The van der Waals surface area contributed by atoms with Gasteiger partial charge in [-0.25, -0.2) is 0 Å². The summed E-state index contributed by atoms with van der Waals surface area (Å²) in [6.07, 6.45) is 14.9. The van der Waals surface area contributed by atoms with Gasteiger partial charge < -0.3 is 0 Å². The van der Waals surface area contributed by atoms with Gasteiger partial charge in [0.15, 0.2) is 0 Å². The third-order valence-corrected chi connectivity index (χ3v) is 5.15. The van der Waals surface area contributed by atoms with Crippen LogP contribution >= 0.6 is 11.8 Å². The fourth-order valence-corrected chi connectivity index (χ4v) is 4.00. The van der Waals surface area contributed by atoms with Gasteiger partial charge in [-0.2, -0.15) is 0 Å². The van der Waals surface area contributed by atoms with Crippen LogP contribution in [0.2, 0.25) is 0 Å². The second-order valence-electron chi connectivity index (χ2n) is 5.26. The van der Waals surface area contributed by atoms with E-state index in [1.54, 1.807) is 11.1 Å². The summed E-state index contributed by atoms with van der Waals surface area (Å²) in [6, 6.07) is 0. The molecule has 0 fully saturated rings. The van der Waals surface area contributed by atoms with Crippen molar-refractivity contribution in [3.05, 3.63) is 57.6 Å². The van der Waals surface area contributed by atoms with Gasteiger partial charge in [-0.05, 0) is 43.9 Å². The fourth-order valence-electron chi connectivity index (χ4n) is 2.77. The lowest BCUT2D eigenvalue weighted by Gasteiger charge is -2.16. The standard InChI is InChI=1S/C18H24S/c1-5-8-13(3)16(9-6-2)14(4)18-12-15-10-7-11-17(15)19-18/h7-8,10-12,18H,5-6,9H2,1-4H3. The maximum absolute atomic E-state index is 2.42. The molecule has 0 nitrogen and oxygen atoms in total. The normalized spacial score (nSPS) is 23.2. The minimum atomic E-state index is 0.535. The van der Waals surface area contributed by atoms with Gasteiger partial charge in [0.05, 0.1) is 0 Å². The molecule has 0 aromatic heterocycles. The van der Waals surface area contributed by atoms with E-state index in [1.807, 2.05) is 11.8 Å². The van der Waals surface area contributed by atoms with Crippen LogP contribution in [0.25, 0.3) is 0 Å². The number of thioether (sulfide) groups is 1. The van der Waals surface area contributed by atoms with Gasteiger partial charge >= 0.3 is 0 Å². The first-order valence-electron chi connectivity index (χ1n) is 7.31. The minimum Gasteiger partial charge on any atom is -0.113 e. The van der Waals surface area contributed by atoms with Crippen LogP contribution in [0.5, 0.6) is 0 Å². The Bertz CT molecular complexity index is 498. The van der Waals surface area contributed by atoms with Crippen LogP contribution in [0.4, 0.5) is 0 Å². The maximum atomic E-state index is 2.42. The molecule has 1 unspecified atom stereocenters. The van der Waals surface area contributed by atoms with E-state index >= 15 is 0 Å². The second kappa shape index (κ2) is 6.47. The van der Waals surface area contributed by atoms with Crippen molar-refractivity contribution in [3.63, 3.8) is 0 Å². The summed E-state index contributed by atoms with van der Waals surface area (Å²) in [5.74, 6) is 0. The first-order chi connectivity index (χ1) is 9.17. The molecule has 19 heavy (non-hydrogen) atoms. The molecule has 1 heteroatoms. The van der Waals surface area contributed by atoms with E-state index in [1.165, 1.54) is 28.9 Å². The van der Waals surface area contributed by atoms with Gasteiger partial charge in [0.2, 0.25) is 0 Å². The molecule has 0 saturated heterocycles. The SMILES string of the molecule is CCC=C(C)C(CCC)=C(C)C1C=C2C=CC=C2S1. The molecule has 1 atom stereocenters. The average molecular weight is 272 g/mol. The topological polar surface area (TPSA) is 0 Å². The number of hydrogen-bond acceptors (Lipinski definition) is 1. The highest BCUT2D eigenvalue weighted by atomic mass is 32.2. The molecule has 0 saturated carbocycles. The Morgan fingerprint density at radius 3 is 2.74 bits per heavy atom. The van der Waals surface area contributed by atoms with E-state index in [-0.39, 0.29) is 0 Å². The summed E-state index contributed by atoms with van der Waals surface area (Å²) >= 11 is 2.00. The van der Waals surface area contributed by atoms with Gasteiger partial charge in [-0.15, -0.1) is 11.8 Å². The van der Waals surface area contributed by atoms with Crippen LogP contribution in [0.3, 0.4) is 0 Å². The van der Waals surface area contributed by atoms with Gasteiger partial charge in [-0.1, -0.05) is 55.7 Å². The first-order valence-corrected chi connectivity index (χ1v) is 8.19. The number of fused-ring (bicyclic) bond motifs is 1. The molecule has 1 aliphatic heterocycles. The molecular formula is C18H24S. The molecule has 102 valence electrons. The van der Waals surface area contributed by atoms with Crippen LogP contribution in [0.15, 0.2) is 57.6 Å².